The Labute approximate surface area is 178 Å². The summed E-state index contributed by atoms with van der Waals surface area (Å²) in [5.41, 5.74) is 0.0646. The standard InChI is InChI=1S/C23H24F3N3O2/c1-16-11-18-13-19(23(24,25)26)27-21(18)29(14-16)15-22(31)7-9-28(10-8-22)20(30)12-17-5-3-2-4-6-17/h2-6,11,13-14,31H,7-10,12,15H2,1H3. The maximum atomic E-state index is 13.1. The van der Waals surface area contributed by atoms with Gasteiger partial charge in [0, 0.05) is 24.8 Å². The molecule has 3 aliphatic heterocycles. The number of alkyl halides is 3. The van der Waals surface area contributed by atoms with Crippen LogP contribution >= 0.6 is 0 Å². The first kappa shape index (κ1) is 21.4. The fourth-order valence-corrected chi connectivity index (χ4v) is 4.14. The van der Waals surface area contributed by atoms with Gasteiger partial charge in [-0.15, -0.1) is 0 Å². The van der Waals surface area contributed by atoms with Crippen molar-refractivity contribution in [2.24, 2.45) is 0 Å². The Morgan fingerprint density at radius 1 is 1.16 bits per heavy atom. The molecule has 0 unspecified atom stereocenters. The number of aromatic nitrogens is 2. The summed E-state index contributed by atoms with van der Waals surface area (Å²) in [6.45, 7) is 2.73. The van der Waals surface area contributed by atoms with Crippen LogP contribution in [0.1, 0.15) is 29.7 Å². The quantitative estimate of drug-likeness (QED) is 0.682. The normalized spacial score (nSPS) is 16.6. The molecule has 1 saturated heterocycles. The maximum Gasteiger partial charge on any atom is 0.433 e. The van der Waals surface area contributed by atoms with E-state index in [4.69, 9.17) is 0 Å². The van der Waals surface area contributed by atoms with Gasteiger partial charge in [0.1, 0.15) is 11.5 Å². The SMILES string of the molecule is Cc1cc2cc(C(F)(F)F)nc-2n(CC2(O)CCN(C(=O)Cc3ccccc3)CC2)c1. The van der Waals surface area contributed by atoms with Crippen LogP contribution in [-0.4, -0.2) is 44.2 Å². The average molecular weight is 431 g/mol. The maximum absolute atomic E-state index is 13.1. The minimum Gasteiger partial charge on any atom is -0.388 e. The third kappa shape index (κ3) is 4.74. The van der Waals surface area contributed by atoms with Crippen LogP contribution in [-0.2, 0) is 23.9 Å². The molecule has 4 rings (SSSR count). The molecule has 0 bridgehead atoms. The van der Waals surface area contributed by atoms with Gasteiger partial charge in [-0.1, -0.05) is 30.3 Å². The summed E-state index contributed by atoms with van der Waals surface area (Å²) in [6, 6.07) is 12.2. The molecule has 1 fully saturated rings. The number of hydrogen-bond donors (Lipinski definition) is 1. The van der Waals surface area contributed by atoms with Crippen molar-refractivity contribution in [3.8, 4) is 11.4 Å². The number of piperidine rings is 1. The lowest BCUT2D eigenvalue weighted by molar-refractivity contribution is -0.140. The summed E-state index contributed by atoms with van der Waals surface area (Å²) in [6.07, 6.45) is -1.80. The van der Waals surface area contributed by atoms with Crippen molar-refractivity contribution < 1.29 is 23.1 Å². The molecule has 3 heterocycles. The lowest BCUT2D eigenvalue weighted by atomic mass is 9.90. The van der Waals surface area contributed by atoms with Crippen molar-refractivity contribution in [1.82, 2.24) is 14.5 Å². The second-order valence-electron chi connectivity index (χ2n) is 8.33. The zero-order valence-electron chi connectivity index (χ0n) is 17.2. The number of carbonyl (C=O) groups is 1. The van der Waals surface area contributed by atoms with Gasteiger partial charge in [0.2, 0.25) is 5.91 Å². The number of carbonyl (C=O) groups excluding carboxylic acids is 1. The molecule has 0 aromatic heterocycles. The van der Waals surface area contributed by atoms with Crippen molar-refractivity contribution in [2.45, 2.75) is 44.5 Å². The lowest BCUT2D eigenvalue weighted by Crippen LogP contribution is -2.49. The molecule has 164 valence electrons. The zero-order chi connectivity index (χ0) is 22.2. The Morgan fingerprint density at radius 3 is 2.48 bits per heavy atom. The molecule has 31 heavy (non-hydrogen) atoms. The van der Waals surface area contributed by atoms with Crippen molar-refractivity contribution in [3.05, 3.63) is 65.5 Å². The zero-order valence-corrected chi connectivity index (χ0v) is 17.2. The molecule has 5 nitrogen and oxygen atoms in total. The van der Waals surface area contributed by atoms with Crippen molar-refractivity contribution in [2.75, 3.05) is 13.1 Å². The van der Waals surface area contributed by atoms with Crippen LogP contribution < -0.4 is 0 Å². The first-order valence-electron chi connectivity index (χ1n) is 10.2. The number of halogens is 3. The highest BCUT2D eigenvalue weighted by Gasteiger charge is 2.37. The van der Waals surface area contributed by atoms with Gasteiger partial charge in [-0.3, -0.25) is 4.79 Å². The Kier molecular flexibility index (Phi) is 5.51. The van der Waals surface area contributed by atoms with Crippen molar-refractivity contribution in [3.63, 3.8) is 0 Å². The monoisotopic (exact) mass is 431 g/mol. The average Bonchev–Trinajstić information content (AvgIpc) is 3.14. The van der Waals surface area contributed by atoms with Gasteiger partial charge in [-0.05, 0) is 43.0 Å². The highest BCUT2D eigenvalue weighted by molar-refractivity contribution is 5.78. The van der Waals surface area contributed by atoms with E-state index < -0.39 is 17.5 Å². The molecule has 1 aromatic carbocycles. The fraction of sp³-hybridized carbons (Fsp3) is 0.391. The number of nitrogens with zero attached hydrogens (tertiary/aromatic N) is 3. The predicted molar refractivity (Wildman–Crippen MR) is 109 cm³/mol. The van der Waals surface area contributed by atoms with E-state index in [-0.39, 0.29) is 18.3 Å². The number of likely N-dealkylation sites (tertiary alicyclic amines) is 1. The van der Waals surface area contributed by atoms with E-state index in [1.165, 1.54) is 0 Å². The van der Waals surface area contributed by atoms with E-state index in [0.717, 1.165) is 17.2 Å². The summed E-state index contributed by atoms with van der Waals surface area (Å²) >= 11 is 0. The summed E-state index contributed by atoms with van der Waals surface area (Å²) in [5.74, 6) is 0.209. The summed E-state index contributed by atoms with van der Waals surface area (Å²) < 4.78 is 40.9. The number of aliphatic hydroxyl groups is 1. The van der Waals surface area contributed by atoms with Crippen molar-refractivity contribution >= 4 is 5.91 Å². The molecule has 0 aliphatic carbocycles. The Balaban J connectivity index is 1.46. The van der Waals surface area contributed by atoms with E-state index >= 15 is 0 Å². The van der Waals surface area contributed by atoms with Gasteiger partial charge < -0.3 is 14.6 Å². The third-order valence-corrected chi connectivity index (χ3v) is 5.79. The van der Waals surface area contributed by atoms with E-state index in [9.17, 15) is 23.1 Å². The van der Waals surface area contributed by atoms with Crippen LogP contribution in [0.3, 0.4) is 0 Å². The highest BCUT2D eigenvalue weighted by Crippen LogP contribution is 2.35. The molecular formula is C23H24F3N3O2. The van der Waals surface area contributed by atoms with Gasteiger partial charge in [0.05, 0.1) is 18.6 Å². The Bertz CT molecular complexity index is 1040. The van der Waals surface area contributed by atoms with Crippen molar-refractivity contribution in [1.29, 1.82) is 0 Å². The number of amides is 1. The lowest BCUT2D eigenvalue weighted by Gasteiger charge is -2.39. The number of hydrogen-bond acceptors (Lipinski definition) is 3. The second-order valence-corrected chi connectivity index (χ2v) is 8.33. The highest BCUT2D eigenvalue weighted by atomic mass is 19.4. The largest absolute Gasteiger partial charge is 0.433 e. The fourth-order valence-electron chi connectivity index (χ4n) is 4.14. The van der Waals surface area contributed by atoms with E-state index in [1.807, 2.05) is 30.3 Å². The van der Waals surface area contributed by atoms with Gasteiger partial charge in [0.15, 0.2) is 0 Å². The molecule has 8 heteroatoms. The number of fused-ring (bicyclic) bond motifs is 1. The minimum absolute atomic E-state index is 0.00590. The summed E-state index contributed by atoms with van der Waals surface area (Å²) in [5, 5.41) is 11.1. The molecule has 0 atom stereocenters. The van der Waals surface area contributed by atoms with Gasteiger partial charge in [-0.2, -0.15) is 13.2 Å². The first-order chi connectivity index (χ1) is 14.6. The summed E-state index contributed by atoms with van der Waals surface area (Å²) in [7, 11) is 0. The van der Waals surface area contributed by atoms with Crippen LogP contribution in [0.15, 0.2) is 48.7 Å². The van der Waals surface area contributed by atoms with Crippen LogP contribution in [0, 0.1) is 6.92 Å². The predicted octanol–water partition coefficient (Wildman–Crippen LogP) is 3.91. The number of benzene rings is 1. The molecule has 1 aromatic rings. The van der Waals surface area contributed by atoms with E-state index in [0.29, 0.717) is 37.9 Å². The van der Waals surface area contributed by atoms with Gasteiger partial charge >= 0.3 is 6.18 Å². The molecule has 0 saturated carbocycles. The number of aryl methyl sites for hydroxylation is 1. The topological polar surface area (TPSA) is 58.4 Å². The Morgan fingerprint density at radius 2 is 1.84 bits per heavy atom. The smallest absolute Gasteiger partial charge is 0.388 e. The molecule has 0 radical (unpaired) electrons. The molecule has 1 N–H and O–H groups in total. The van der Waals surface area contributed by atoms with Crippen LogP contribution in [0.5, 0.6) is 0 Å². The summed E-state index contributed by atoms with van der Waals surface area (Å²) in [4.78, 5) is 18.1. The molecule has 1 amide bonds. The van der Waals surface area contributed by atoms with Crippen LogP contribution in [0.2, 0.25) is 0 Å². The van der Waals surface area contributed by atoms with Gasteiger partial charge in [-0.25, -0.2) is 4.98 Å². The van der Waals surface area contributed by atoms with E-state index in [2.05, 4.69) is 4.98 Å². The second kappa shape index (κ2) is 8.00. The molecule has 3 aliphatic rings. The molecular weight excluding hydrogens is 407 g/mol. The number of rotatable bonds is 4. The third-order valence-electron chi connectivity index (χ3n) is 5.79. The van der Waals surface area contributed by atoms with Crippen LogP contribution in [0.25, 0.3) is 11.4 Å². The van der Waals surface area contributed by atoms with E-state index in [1.54, 1.807) is 28.7 Å². The Hall–Kier alpha value is -2.87. The van der Waals surface area contributed by atoms with Crippen LogP contribution in [0.4, 0.5) is 13.2 Å². The number of pyridine rings is 1. The first-order valence-corrected chi connectivity index (χ1v) is 10.2. The molecule has 0 spiro atoms. The van der Waals surface area contributed by atoms with Gasteiger partial charge in [0.25, 0.3) is 0 Å². The minimum atomic E-state index is -4.52.